The molecular formula is C18H27NO2. The molecule has 1 aromatic rings. The summed E-state index contributed by atoms with van der Waals surface area (Å²) in [7, 11) is 0. The van der Waals surface area contributed by atoms with Crippen molar-refractivity contribution < 1.29 is 9.53 Å². The third-order valence-electron chi connectivity index (χ3n) is 4.22. The van der Waals surface area contributed by atoms with Crippen LogP contribution in [-0.2, 0) is 4.79 Å². The Morgan fingerprint density at radius 3 is 2.43 bits per heavy atom. The van der Waals surface area contributed by atoms with Gasteiger partial charge in [0.15, 0.2) is 6.10 Å². The van der Waals surface area contributed by atoms with E-state index in [-0.39, 0.29) is 5.91 Å². The van der Waals surface area contributed by atoms with Crippen molar-refractivity contribution in [2.24, 2.45) is 0 Å². The molecule has 1 aliphatic rings. The first kappa shape index (κ1) is 15.9. The van der Waals surface area contributed by atoms with Gasteiger partial charge >= 0.3 is 0 Å². The molecule has 3 heteroatoms. The van der Waals surface area contributed by atoms with Crippen LogP contribution in [0.15, 0.2) is 24.3 Å². The van der Waals surface area contributed by atoms with Crippen molar-refractivity contribution in [3.05, 3.63) is 29.8 Å². The van der Waals surface area contributed by atoms with E-state index < -0.39 is 6.10 Å². The maximum absolute atomic E-state index is 12.3. The zero-order chi connectivity index (χ0) is 15.1. The molecule has 2 rings (SSSR count). The summed E-state index contributed by atoms with van der Waals surface area (Å²) in [6.45, 7) is 3.82. The molecule has 0 saturated heterocycles. The van der Waals surface area contributed by atoms with E-state index in [1.165, 1.54) is 32.1 Å². The lowest BCUT2D eigenvalue weighted by molar-refractivity contribution is -0.128. The van der Waals surface area contributed by atoms with Gasteiger partial charge < -0.3 is 10.1 Å². The van der Waals surface area contributed by atoms with Crippen molar-refractivity contribution in [1.29, 1.82) is 0 Å². The highest BCUT2D eigenvalue weighted by atomic mass is 16.5. The molecule has 0 aliphatic heterocycles. The lowest BCUT2D eigenvalue weighted by Crippen LogP contribution is -2.42. The number of hydrogen-bond acceptors (Lipinski definition) is 2. The Kier molecular flexibility index (Phi) is 6.09. The normalized spacial score (nSPS) is 18.4. The molecule has 1 fully saturated rings. The smallest absolute Gasteiger partial charge is 0.260 e. The minimum atomic E-state index is -0.448. The highest BCUT2D eigenvalue weighted by Gasteiger charge is 2.20. The molecule has 1 amide bonds. The molecule has 0 heterocycles. The van der Waals surface area contributed by atoms with Gasteiger partial charge in [-0.2, -0.15) is 0 Å². The van der Waals surface area contributed by atoms with Crippen LogP contribution >= 0.6 is 0 Å². The largest absolute Gasteiger partial charge is 0.481 e. The first-order chi connectivity index (χ1) is 10.2. The van der Waals surface area contributed by atoms with Crippen LogP contribution < -0.4 is 10.1 Å². The van der Waals surface area contributed by atoms with Gasteiger partial charge in [0, 0.05) is 6.04 Å². The Morgan fingerprint density at radius 2 is 1.76 bits per heavy atom. The number of ether oxygens (including phenoxy) is 1. The molecule has 21 heavy (non-hydrogen) atoms. The number of rotatable bonds is 4. The molecule has 1 N–H and O–H groups in total. The molecule has 0 spiro atoms. The standard InChI is InChI=1S/C18H27NO2/c1-14-10-8-9-13-17(14)21-15(2)18(20)19-16-11-6-4-3-5-7-12-16/h8-10,13,15-16H,3-7,11-12H2,1-2H3,(H,19,20)/t15-/m0/s1. The van der Waals surface area contributed by atoms with Gasteiger partial charge in [-0.15, -0.1) is 0 Å². The predicted molar refractivity (Wildman–Crippen MR) is 85.5 cm³/mol. The van der Waals surface area contributed by atoms with Crippen molar-refractivity contribution in [2.45, 2.75) is 70.9 Å². The minimum Gasteiger partial charge on any atom is -0.481 e. The van der Waals surface area contributed by atoms with Crippen molar-refractivity contribution in [3.63, 3.8) is 0 Å². The molecule has 1 aliphatic carbocycles. The fraction of sp³-hybridized carbons (Fsp3) is 0.611. The first-order valence-corrected chi connectivity index (χ1v) is 8.19. The summed E-state index contributed by atoms with van der Waals surface area (Å²) in [5.74, 6) is 0.793. The van der Waals surface area contributed by atoms with Gasteiger partial charge in [0.25, 0.3) is 5.91 Å². The molecular weight excluding hydrogens is 262 g/mol. The Morgan fingerprint density at radius 1 is 1.14 bits per heavy atom. The van der Waals surface area contributed by atoms with Crippen LogP contribution in [0.3, 0.4) is 0 Å². The van der Waals surface area contributed by atoms with Gasteiger partial charge in [0.1, 0.15) is 5.75 Å². The number of amides is 1. The van der Waals surface area contributed by atoms with E-state index in [2.05, 4.69) is 5.32 Å². The van der Waals surface area contributed by atoms with Gasteiger partial charge in [-0.1, -0.05) is 50.3 Å². The third kappa shape index (κ3) is 5.07. The fourth-order valence-electron chi connectivity index (χ4n) is 2.85. The van der Waals surface area contributed by atoms with E-state index in [9.17, 15) is 4.79 Å². The van der Waals surface area contributed by atoms with Crippen molar-refractivity contribution in [1.82, 2.24) is 5.32 Å². The number of para-hydroxylation sites is 1. The van der Waals surface area contributed by atoms with E-state index in [1.807, 2.05) is 38.1 Å². The summed E-state index contributed by atoms with van der Waals surface area (Å²) in [5.41, 5.74) is 1.06. The second-order valence-electron chi connectivity index (χ2n) is 6.08. The number of hydrogen-bond donors (Lipinski definition) is 1. The maximum Gasteiger partial charge on any atom is 0.260 e. The van der Waals surface area contributed by atoms with Crippen molar-refractivity contribution in [2.75, 3.05) is 0 Å². The van der Waals surface area contributed by atoms with Crippen molar-refractivity contribution >= 4 is 5.91 Å². The Labute approximate surface area is 128 Å². The Hall–Kier alpha value is -1.51. The van der Waals surface area contributed by atoms with Crippen LogP contribution in [0.2, 0.25) is 0 Å². The summed E-state index contributed by atoms with van der Waals surface area (Å²) in [6, 6.07) is 8.13. The van der Waals surface area contributed by atoms with E-state index in [0.717, 1.165) is 24.2 Å². The Balaban J connectivity index is 1.85. The number of carbonyl (C=O) groups is 1. The fourth-order valence-corrected chi connectivity index (χ4v) is 2.85. The Bertz CT molecular complexity index is 450. The molecule has 1 aromatic carbocycles. The van der Waals surface area contributed by atoms with Gasteiger partial charge in [-0.05, 0) is 38.3 Å². The lowest BCUT2D eigenvalue weighted by atomic mass is 9.96. The van der Waals surface area contributed by atoms with Crippen LogP contribution in [0.25, 0.3) is 0 Å². The van der Waals surface area contributed by atoms with Gasteiger partial charge in [0.05, 0.1) is 0 Å². The topological polar surface area (TPSA) is 38.3 Å². The number of aryl methyl sites for hydroxylation is 1. The molecule has 1 saturated carbocycles. The monoisotopic (exact) mass is 289 g/mol. The van der Waals surface area contributed by atoms with Crippen LogP contribution in [0.4, 0.5) is 0 Å². The SMILES string of the molecule is Cc1ccccc1O[C@@H](C)C(=O)NC1CCCCCCC1. The third-order valence-corrected chi connectivity index (χ3v) is 4.22. The highest BCUT2D eigenvalue weighted by Crippen LogP contribution is 2.19. The molecule has 0 radical (unpaired) electrons. The average molecular weight is 289 g/mol. The van der Waals surface area contributed by atoms with Crippen LogP contribution in [0.5, 0.6) is 5.75 Å². The van der Waals surface area contributed by atoms with Crippen LogP contribution in [0, 0.1) is 6.92 Å². The van der Waals surface area contributed by atoms with Gasteiger partial charge in [-0.25, -0.2) is 0 Å². The summed E-state index contributed by atoms with van der Waals surface area (Å²) >= 11 is 0. The van der Waals surface area contributed by atoms with Gasteiger partial charge in [0.2, 0.25) is 0 Å². The predicted octanol–water partition coefficient (Wildman–Crippen LogP) is 3.99. The lowest BCUT2D eigenvalue weighted by Gasteiger charge is -2.23. The zero-order valence-electron chi connectivity index (χ0n) is 13.2. The highest BCUT2D eigenvalue weighted by molar-refractivity contribution is 5.81. The van der Waals surface area contributed by atoms with E-state index >= 15 is 0 Å². The first-order valence-electron chi connectivity index (χ1n) is 8.19. The molecule has 3 nitrogen and oxygen atoms in total. The number of nitrogens with one attached hydrogen (secondary N) is 1. The quantitative estimate of drug-likeness (QED) is 0.910. The molecule has 0 bridgehead atoms. The van der Waals surface area contributed by atoms with Crippen LogP contribution in [-0.4, -0.2) is 18.1 Å². The summed E-state index contributed by atoms with van der Waals surface area (Å²) < 4.78 is 5.79. The average Bonchev–Trinajstić information content (AvgIpc) is 2.44. The summed E-state index contributed by atoms with van der Waals surface area (Å²) in [6.07, 6.45) is 8.12. The summed E-state index contributed by atoms with van der Waals surface area (Å²) in [4.78, 5) is 12.3. The van der Waals surface area contributed by atoms with E-state index in [0.29, 0.717) is 6.04 Å². The van der Waals surface area contributed by atoms with E-state index in [4.69, 9.17) is 4.74 Å². The number of carbonyl (C=O) groups excluding carboxylic acids is 1. The molecule has 0 aromatic heterocycles. The molecule has 1 atom stereocenters. The molecule has 116 valence electrons. The van der Waals surface area contributed by atoms with Crippen LogP contribution in [0.1, 0.15) is 57.4 Å². The summed E-state index contributed by atoms with van der Waals surface area (Å²) in [5, 5.41) is 3.16. The maximum atomic E-state index is 12.3. The second-order valence-corrected chi connectivity index (χ2v) is 6.08. The zero-order valence-corrected chi connectivity index (χ0v) is 13.2. The minimum absolute atomic E-state index is 0.00354. The second kappa shape index (κ2) is 8.06. The number of benzene rings is 1. The molecule has 0 unspecified atom stereocenters. The van der Waals surface area contributed by atoms with E-state index in [1.54, 1.807) is 0 Å². The van der Waals surface area contributed by atoms with Crippen molar-refractivity contribution in [3.8, 4) is 5.75 Å². The van der Waals surface area contributed by atoms with Gasteiger partial charge in [-0.3, -0.25) is 4.79 Å².